The van der Waals surface area contributed by atoms with Crippen LogP contribution in [0.2, 0.25) is 0 Å². The van der Waals surface area contributed by atoms with Crippen molar-refractivity contribution < 1.29 is 14.6 Å². The first-order chi connectivity index (χ1) is 5.86. The van der Waals surface area contributed by atoms with Gasteiger partial charge in [-0.3, -0.25) is 0 Å². The molecule has 0 amide bonds. The maximum absolute atomic E-state index is 10.1. The van der Waals surface area contributed by atoms with E-state index in [-0.39, 0.29) is 6.79 Å². The summed E-state index contributed by atoms with van der Waals surface area (Å²) in [5.74, 6) is 0.604. The Bertz CT molecular complexity index is 240. The third-order valence-electron chi connectivity index (χ3n) is 1.47. The molecule has 1 aromatic carbocycles. The SMILES string of the molecule is O=CCc1ccc(OCO)cc1. The molecule has 0 aliphatic carbocycles. The number of rotatable bonds is 4. The number of carbonyl (C=O) groups excluding carboxylic acids is 1. The molecule has 64 valence electrons. The van der Waals surface area contributed by atoms with Crippen molar-refractivity contribution in [2.75, 3.05) is 6.79 Å². The molecule has 0 heterocycles. The minimum absolute atomic E-state index is 0.326. The normalized spacial score (nSPS) is 9.42. The van der Waals surface area contributed by atoms with E-state index < -0.39 is 0 Å². The molecule has 0 aromatic heterocycles. The lowest BCUT2D eigenvalue weighted by Gasteiger charge is -2.01. The molecule has 12 heavy (non-hydrogen) atoms. The summed E-state index contributed by atoms with van der Waals surface area (Å²) < 4.78 is 4.81. The molecule has 0 atom stereocenters. The molecule has 3 nitrogen and oxygen atoms in total. The highest BCUT2D eigenvalue weighted by atomic mass is 16.6. The van der Waals surface area contributed by atoms with Gasteiger partial charge >= 0.3 is 0 Å². The number of hydrogen-bond acceptors (Lipinski definition) is 3. The Morgan fingerprint density at radius 1 is 1.33 bits per heavy atom. The fraction of sp³-hybridized carbons (Fsp3) is 0.222. The van der Waals surface area contributed by atoms with Crippen LogP contribution in [0.3, 0.4) is 0 Å². The zero-order chi connectivity index (χ0) is 8.81. The van der Waals surface area contributed by atoms with Crippen LogP contribution >= 0.6 is 0 Å². The molecule has 0 radical (unpaired) electrons. The number of aliphatic hydroxyl groups is 1. The standard InChI is InChI=1S/C9H10O3/c10-6-5-8-1-3-9(4-2-8)12-7-11/h1-4,6,11H,5,7H2. The monoisotopic (exact) mass is 166 g/mol. The fourth-order valence-electron chi connectivity index (χ4n) is 0.893. The zero-order valence-electron chi connectivity index (χ0n) is 6.56. The minimum Gasteiger partial charge on any atom is -0.468 e. The Morgan fingerprint density at radius 2 is 2.00 bits per heavy atom. The molecular formula is C9H10O3. The second kappa shape index (κ2) is 4.51. The summed E-state index contributed by atoms with van der Waals surface area (Å²) >= 11 is 0. The third-order valence-corrected chi connectivity index (χ3v) is 1.47. The van der Waals surface area contributed by atoms with Crippen molar-refractivity contribution in [2.45, 2.75) is 6.42 Å². The lowest BCUT2D eigenvalue weighted by Crippen LogP contribution is -1.94. The van der Waals surface area contributed by atoms with E-state index in [1.165, 1.54) is 0 Å². The molecule has 1 aromatic rings. The largest absolute Gasteiger partial charge is 0.468 e. The van der Waals surface area contributed by atoms with Crippen LogP contribution < -0.4 is 4.74 Å². The zero-order valence-corrected chi connectivity index (χ0v) is 6.56. The van der Waals surface area contributed by atoms with Crippen LogP contribution in [0, 0.1) is 0 Å². The molecule has 1 N–H and O–H groups in total. The van der Waals surface area contributed by atoms with Gasteiger partial charge in [0.2, 0.25) is 0 Å². The Morgan fingerprint density at radius 3 is 2.50 bits per heavy atom. The maximum atomic E-state index is 10.1. The first-order valence-corrected chi connectivity index (χ1v) is 3.63. The van der Waals surface area contributed by atoms with E-state index in [2.05, 4.69) is 0 Å². The van der Waals surface area contributed by atoms with Gasteiger partial charge in [-0.05, 0) is 17.7 Å². The highest BCUT2D eigenvalue weighted by molar-refractivity contribution is 5.55. The molecule has 3 heteroatoms. The second-order valence-corrected chi connectivity index (χ2v) is 2.29. The van der Waals surface area contributed by atoms with E-state index in [1.54, 1.807) is 24.3 Å². The van der Waals surface area contributed by atoms with Crippen LogP contribution in [0.25, 0.3) is 0 Å². The van der Waals surface area contributed by atoms with Gasteiger partial charge in [0.05, 0.1) is 0 Å². The number of ether oxygens (including phenoxy) is 1. The van der Waals surface area contributed by atoms with Crippen molar-refractivity contribution in [3.8, 4) is 5.75 Å². The molecular weight excluding hydrogens is 156 g/mol. The third kappa shape index (κ3) is 2.36. The quantitative estimate of drug-likeness (QED) is 0.530. The van der Waals surface area contributed by atoms with Gasteiger partial charge in [-0.2, -0.15) is 0 Å². The lowest BCUT2D eigenvalue weighted by molar-refractivity contribution is -0.107. The van der Waals surface area contributed by atoms with Gasteiger partial charge < -0.3 is 14.6 Å². The van der Waals surface area contributed by atoms with Crippen molar-refractivity contribution in [1.82, 2.24) is 0 Å². The number of benzene rings is 1. The summed E-state index contributed by atoms with van der Waals surface area (Å²) in [6.07, 6.45) is 1.27. The van der Waals surface area contributed by atoms with E-state index in [4.69, 9.17) is 9.84 Å². The lowest BCUT2D eigenvalue weighted by atomic mass is 10.2. The van der Waals surface area contributed by atoms with Crippen molar-refractivity contribution in [1.29, 1.82) is 0 Å². The maximum Gasteiger partial charge on any atom is 0.186 e. The van der Waals surface area contributed by atoms with Crippen molar-refractivity contribution >= 4 is 6.29 Å². The van der Waals surface area contributed by atoms with Gasteiger partial charge in [-0.25, -0.2) is 0 Å². The van der Waals surface area contributed by atoms with Crippen molar-refractivity contribution in [2.24, 2.45) is 0 Å². The van der Waals surface area contributed by atoms with Gasteiger partial charge in [0, 0.05) is 6.42 Å². The van der Waals surface area contributed by atoms with Crippen LogP contribution in [0.4, 0.5) is 0 Å². The van der Waals surface area contributed by atoms with Crippen molar-refractivity contribution in [3.63, 3.8) is 0 Å². The van der Waals surface area contributed by atoms with Gasteiger partial charge in [0.1, 0.15) is 12.0 Å². The first-order valence-electron chi connectivity index (χ1n) is 3.63. The summed E-state index contributed by atoms with van der Waals surface area (Å²) in [6, 6.07) is 7.02. The highest BCUT2D eigenvalue weighted by Crippen LogP contribution is 2.11. The Balaban J connectivity index is 2.64. The minimum atomic E-state index is -0.326. The fourth-order valence-corrected chi connectivity index (χ4v) is 0.893. The van der Waals surface area contributed by atoms with E-state index in [1.807, 2.05) is 0 Å². The van der Waals surface area contributed by atoms with Gasteiger partial charge in [-0.1, -0.05) is 12.1 Å². The first kappa shape index (κ1) is 8.74. The summed E-state index contributed by atoms with van der Waals surface area (Å²) in [4.78, 5) is 10.1. The van der Waals surface area contributed by atoms with Gasteiger partial charge in [-0.15, -0.1) is 0 Å². The second-order valence-electron chi connectivity index (χ2n) is 2.29. The number of hydrogen-bond donors (Lipinski definition) is 1. The predicted molar refractivity (Wildman–Crippen MR) is 43.9 cm³/mol. The van der Waals surface area contributed by atoms with Gasteiger partial charge in [0.15, 0.2) is 6.79 Å². The molecule has 0 unspecified atom stereocenters. The van der Waals surface area contributed by atoms with Gasteiger partial charge in [0.25, 0.3) is 0 Å². The summed E-state index contributed by atoms with van der Waals surface area (Å²) in [7, 11) is 0. The topological polar surface area (TPSA) is 46.5 Å². The van der Waals surface area contributed by atoms with Crippen LogP contribution in [-0.2, 0) is 11.2 Å². The van der Waals surface area contributed by atoms with Crippen LogP contribution in [-0.4, -0.2) is 18.2 Å². The molecule has 0 aliphatic rings. The molecule has 0 bridgehead atoms. The number of carbonyl (C=O) groups is 1. The number of aldehydes is 1. The van der Waals surface area contributed by atoms with E-state index >= 15 is 0 Å². The molecule has 0 aliphatic heterocycles. The highest BCUT2D eigenvalue weighted by Gasteiger charge is 1.93. The average Bonchev–Trinajstić information content (AvgIpc) is 2.09. The molecule has 0 fully saturated rings. The molecule has 1 rings (SSSR count). The van der Waals surface area contributed by atoms with Crippen LogP contribution in [0.5, 0.6) is 5.75 Å². The molecule has 0 spiro atoms. The summed E-state index contributed by atoms with van der Waals surface area (Å²) in [5.41, 5.74) is 0.940. The van der Waals surface area contributed by atoms with E-state index in [0.29, 0.717) is 12.2 Å². The average molecular weight is 166 g/mol. The van der Waals surface area contributed by atoms with Crippen LogP contribution in [0.15, 0.2) is 24.3 Å². The Labute approximate surface area is 70.6 Å². The predicted octanol–water partition coefficient (Wildman–Crippen LogP) is 0.757. The number of aliphatic hydroxyl groups excluding tert-OH is 1. The van der Waals surface area contributed by atoms with Crippen molar-refractivity contribution in [3.05, 3.63) is 29.8 Å². The molecule has 0 saturated heterocycles. The Hall–Kier alpha value is -1.35. The van der Waals surface area contributed by atoms with E-state index in [9.17, 15) is 4.79 Å². The van der Waals surface area contributed by atoms with E-state index in [0.717, 1.165) is 11.8 Å². The molecule has 0 saturated carbocycles. The van der Waals surface area contributed by atoms with Crippen LogP contribution in [0.1, 0.15) is 5.56 Å². The Kier molecular flexibility index (Phi) is 3.29. The smallest absolute Gasteiger partial charge is 0.186 e. The summed E-state index contributed by atoms with van der Waals surface area (Å²) in [5, 5.41) is 8.41. The summed E-state index contributed by atoms with van der Waals surface area (Å²) in [6.45, 7) is -0.326.